The molecule has 1 aliphatic rings. The van der Waals surface area contributed by atoms with E-state index >= 15 is 0 Å². The minimum Gasteiger partial charge on any atom is -0.480 e. The van der Waals surface area contributed by atoms with Crippen LogP contribution in [-0.4, -0.2) is 23.7 Å². The zero-order chi connectivity index (χ0) is 10.8. The summed E-state index contributed by atoms with van der Waals surface area (Å²) in [6.45, 7) is 0.769. The van der Waals surface area contributed by atoms with Gasteiger partial charge in [-0.05, 0) is 25.0 Å². The molecule has 1 aromatic rings. The molecule has 1 atom stereocenters. The molecule has 0 bridgehead atoms. The van der Waals surface area contributed by atoms with Gasteiger partial charge in [-0.2, -0.15) is 0 Å². The minimum absolute atomic E-state index is 0.422. The fourth-order valence-corrected chi connectivity index (χ4v) is 2.06. The summed E-state index contributed by atoms with van der Waals surface area (Å²) in [5, 5.41) is 9.05. The van der Waals surface area contributed by atoms with Gasteiger partial charge in [-0.15, -0.1) is 0 Å². The first kappa shape index (κ1) is 9.83. The van der Waals surface area contributed by atoms with Crippen LogP contribution in [0.15, 0.2) is 24.3 Å². The van der Waals surface area contributed by atoms with Crippen LogP contribution in [0.4, 0.5) is 11.4 Å². The van der Waals surface area contributed by atoms with Crippen LogP contribution in [-0.2, 0) is 4.79 Å². The van der Waals surface area contributed by atoms with E-state index in [4.69, 9.17) is 10.8 Å². The first-order valence-corrected chi connectivity index (χ1v) is 5.04. The van der Waals surface area contributed by atoms with Crippen LogP contribution in [0.25, 0.3) is 0 Å². The van der Waals surface area contributed by atoms with E-state index in [-0.39, 0.29) is 0 Å². The number of hydrogen-bond acceptors (Lipinski definition) is 3. The first-order chi connectivity index (χ1) is 7.20. The van der Waals surface area contributed by atoms with Gasteiger partial charge in [0.15, 0.2) is 0 Å². The number of aliphatic carboxylic acids is 1. The summed E-state index contributed by atoms with van der Waals surface area (Å²) in [7, 11) is 0. The van der Waals surface area contributed by atoms with E-state index in [1.165, 1.54) is 0 Å². The number of para-hydroxylation sites is 2. The highest BCUT2D eigenvalue weighted by atomic mass is 16.4. The molecule has 1 fully saturated rings. The van der Waals surface area contributed by atoms with Crippen molar-refractivity contribution in [3.8, 4) is 0 Å². The van der Waals surface area contributed by atoms with E-state index in [2.05, 4.69) is 0 Å². The lowest BCUT2D eigenvalue weighted by Gasteiger charge is -2.24. The first-order valence-electron chi connectivity index (χ1n) is 5.04. The second-order valence-corrected chi connectivity index (χ2v) is 3.75. The van der Waals surface area contributed by atoms with Crippen LogP contribution in [0.1, 0.15) is 12.8 Å². The molecule has 0 unspecified atom stereocenters. The third-order valence-electron chi connectivity index (χ3n) is 2.78. The van der Waals surface area contributed by atoms with Gasteiger partial charge in [0.1, 0.15) is 6.04 Å². The van der Waals surface area contributed by atoms with Gasteiger partial charge in [0.25, 0.3) is 0 Å². The molecule has 0 spiro atoms. The molecule has 1 aromatic carbocycles. The number of nitrogens with two attached hydrogens (primary N) is 1. The van der Waals surface area contributed by atoms with Crippen LogP contribution < -0.4 is 10.6 Å². The van der Waals surface area contributed by atoms with Crippen molar-refractivity contribution in [3.05, 3.63) is 24.3 Å². The summed E-state index contributed by atoms with van der Waals surface area (Å²) < 4.78 is 0. The molecule has 1 aliphatic heterocycles. The van der Waals surface area contributed by atoms with Gasteiger partial charge in [0, 0.05) is 6.54 Å². The molecule has 1 saturated heterocycles. The predicted octanol–water partition coefficient (Wildman–Crippen LogP) is 1.32. The van der Waals surface area contributed by atoms with Crippen molar-refractivity contribution in [3.63, 3.8) is 0 Å². The van der Waals surface area contributed by atoms with E-state index in [0.717, 1.165) is 18.7 Å². The number of anilines is 2. The SMILES string of the molecule is Nc1ccccc1N1CCC[C@H]1C(=O)O. The van der Waals surface area contributed by atoms with Crippen molar-refractivity contribution >= 4 is 17.3 Å². The monoisotopic (exact) mass is 206 g/mol. The van der Waals surface area contributed by atoms with Crippen molar-refractivity contribution < 1.29 is 9.90 Å². The van der Waals surface area contributed by atoms with E-state index < -0.39 is 12.0 Å². The Bertz CT molecular complexity index is 379. The molecule has 80 valence electrons. The number of carbonyl (C=O) groups is 1. The Balaban J connectivity index is 2.30. The van der Waals surface area contributed by atoms with Crippen molar-refractivity contribution in [2.24, 2.45) is 0 Å². The normalized spacial score (nSPS) is 20.5. The Hall–Kier alpha value is -1.71. The molecular formula is C11H14N2O2. The number of nitrogen functional groups attached to an aromatic ring is 1. The molecule has 2 rings (SSSR count). The van der Waals surface area contributed by atoms with E-state index in [0.29, 0.717) is 12.1 Å². The highest BCUT2D eigenvalue weighted by molar-refractivity contribution is 5.81. The number of hydrogen-bond donors (Lipinski definition) is 2. The van der Waals surface area contributed by atoms with E-state index in [1.807, 2.05) is 23.1 Å². The summed E-state index contributed by atoms with van der Waals surface area (Å²) in [6.07, 6.45) is 1.61. The fraction of sp³-hybridized carbons (Fsp3) is 0.364. The molecule has 15 heavy (non-hydrogen) atoms. The summed E-state index contributed by atoms with van der Waals surface area (Å²) in [5.74, 6) is -0.768. The van der Waals surface area contributed by atoms with Gasteiger partial charge in [-0.1, -0.05) is 12.1 Å². The molecule has 0 aliphatic carbocycles. The summed E-state index contributed by atoms with van der Waals surface area (Å²) in [4.78, 5) is 12.9. The molecule has 4 heteroatoms. The lowest BCUT2D eigenvalue weighted by molar-refractivity contribution is -0.138. The Morgan fingerprint density at radius 2 is 2.20 bits per heavy atom. The molecule has 0 saturated carbocycles. The fourth-order valence-electron chi connectivity index (χ4n) is 2.06. The lowest BCUT2D eigenvalue weighted by atomic mass is 10.2. The summed E-state index contributed by atoms with van der Waals surface area (Å²) in [5.41, 5.74) is 7.31. The van der Waals surface area contributed by atoms with Crippen LogP contribution in [0, 0.1) is 0 Å². The van der Waals surface area contributed by atoms with Gasteiger partial charge >= 0.3 is 5.97 Å². The Labute approximate surface area is 88.3 Å². The largest absolute Gasteiger partial charge is 0.480 e. The Morgan fingerprint density at radius 3 is 2.87 bits per heavy atom. The topological polar surface area (TPSA) is 66.6 Å². The summed E-state index contributed by atoms with van der Waals surface area (Å²) in [6, 6.07) is 6.98. The van der Waals surface area contributed by atoms with Crippen molar-refractivity contribution in [1.82, 2.24) is 0 Å². The van der Waals surface area contributed by atoms with E-state index in [1.54, 1.807) is 6.07 Å². The number of benzene rings is 1. The Morgan fingerprint density at radius 1 is 1.47 bits per heavy atom. The second-order valence-electron chi connectivity index (χ2n) is 3.75. The van der Waals surface area contributed by atoms with Crippen molar-refractivity contribution in [1.29, 1.82) is 0 Å². The van der Waals surface area contributed by atoms with Crippen molar-refractivity contribution in [2.75, 3.05) is 17.2 Å². The molecule has 3 N–H and O–H groups in total. The zero-order valence-electron chi connectivity index (χ0n) is 8.39. The third-order valence-corrected chi connectivity index (χ3v) is 2.78. The van der Waals surface area contributed by atoms with Crippen LogP contribution in [0.3, 0.4) is 0 Å². The van der Waals surface area contributed by atoms with Crippen LogP contribution >= 0.6 is 0 Å². The lowest BCUT2D eigenvalue weighted by Crippen LogP contribution is -2.36. The maximum Gasteiger partial charge on any atom is 0.326 e. The third kappa shape index (κ3) is 1.75. The average molecular weight is 206 g/mol. The molecule has 1 heterocycles. The van der Waals surface area contributed by atoms with Gasteiger partial charge < -0.3 is 15.7 Å². The number of carboxylic acids is 1. The smallest absolute Gasteiger partial charge is 0.326 e. The molecule has 0 amide bonds. The van der Waals surface area contributed by atoms with Gasteiger partial charge in [0.05, 0.1) is 11.4 Å². The van der Waals surface area contributed by atoms with Crippen molar-refractivity contribution in [2.45, 2.75) is 18.9 Å². The number of carboxylic acid groups (broad SMARTS) is 1. The minimum atomic E-state index is -0.768. The highest BCUT2D eigenvalue weighted by Gasteiger charge is 2.31. The molecule has 4 nitrogen and oxygen atoms in total. The maximum atomic E-state index is 11.0. The zero-order valence-corrected chi connectivity index (χ0v) is 8.39. The van der Waals surface area contributed by atoms with Gasteiger partial charge in [-0.3, -0.25) is 0 Å². The molecular weight excluding hydrogens is 192 g/mol. The Kier molecular flexibility index (Phi) is 2.49. The standard InChI is InChI=1S/C11H14N2O2/c12-8-4-1-2-5-9(8)13-7-3-6-10(13)11(14)15/h1-2,4-5,10H,3,6-7,12H2,(H,14,15)/t10-/m0/s1. The molecule has 0 aromatic heterocycles. The number of rotatable bonds is 2. The van der Waals surface area contributed by atoms with E-state index in [9.17, 15) is 4.79 Å². The number of nitrogens with zero attached hydrogens (tertiary/aromatic N) is 1. The highest BCUT2D eigenvalue weighted by Crippen LogP contribution is 2.29. The predicted molar refractivity (Wildman–Crippen MR) is 58.9 cm³/mol. The van der Waals surface area contributed by atoms with Gasteiger partial charge in [-0.25, -0.2) is 4.79 Å². The summed E-state index contributed by atoms with van der Waals surface area (Å²) >= 11 is 0. The quantitative estimate of drug-likeness (QED) is 0.716. The van der Waals surface area contributed by atoms with Gasteiger partial charge in [0.2, 0.25) is 0 Å². The molecule has 0 radical (unpaired) electrons. The maximum absolute atomic E-state index is 11.0. The van der Waals surface area contributed by atoms with Crippen LogP contribution in [0.2, 0.25) is 0 Å². The van der Waals surface area contributed by atoms with Crippen LogP contribution in [0.5, 0.6) is 0 Å². The average Bonchev–Trinajstić information content (AvgIpc) is 2.67. The second kappa shape index (κ2) is 3.81.